The highest BCUT2D eigenvalue weighted by Crippen LogP contribution is 2.33. The number of hydrogen-bond acceptors (Lipinski definition) is 6. The van der Waals surface area contributed by atoms with Crippen LogP contribution in [0.5, 0.6) is 11.5 Å². The monoisotopic (exact) mass is 282 g/mol. The summed E-state index contributed by atoms with van der Waals surface area (Å²) in [5.41, 5.74) is 0.468. The molecule has 0 radical (unpaired) electrons. The number of aromatic nitrogens is 2. The molecule has 3 aromatic rings. The van der Waals surface area contributed by atoms with E-state index in [1.807, 2.05) is 0 Å². The molecule has 0 amide bonds. The van der Waals surface area contributed by atoms with E-state index in [1.54, 1.807) is 24.3 Å². The standard InChI is InChI=1S/C13H6N4O4/c1-14-8-2-4-9(5-3-8)20-11-7-6-10(17(18)19)12-13(11)16-21-15-12/h2-7H. The summed E-state index contributed by atoms with van der Waals surface area (Å²) in [5.74, 6) is 0.757. The minimum absolute atomic E-state index is 0.0234. The molecule has 0 fully saturated rings. The van der Waals surface area contributed by atoms with Crippen LogP contribution >= 0.6 is 0 Å². The molecule has 0 bridgehead atoms. The highest BCUT2D eigenvalue weighted by molar-refractivity contribution is 5.88. The normalized spacial score (nSPS) is 10.2. The molecule has 0 saturated heterocycles. The highest BCUT2D eigenvalue weighted by atomic mass is 16.6. The molecule has 8 nitrogen and oxygen atoms in total. The van der Waals surface area contributed by atoms with E-state index >= 15 is 0 Å². The number of nitrogens with zero attached hydrogens (tertiary/aromatic N) is 4. The van der Waals surface area contributed by atoms with Crippen molar-refractivity contribution in [3.8, 4) is 11.5 Å². The molecule has 0 aliphatic rings. The first kappa shape index (κ1) is 12.6. The lowest BCUT2D eigenvalue weighted by atomic mass is 10.2. The summed E-state index contributed by atoms with van der Waals surface area (Å²) in [6.07, 6.45) is 0. The first-order valence-corrected chi connectivity index (χ1v) is 5.74. The van der Waals surface area contributed by atoms with Gasteiger partial charge in [0, 0.05) is 6.07 Å². The number of non-ortho nitro benzene ring substituents is 1. The minimum Gasteiger partial charge on any atom is -0.455 e. The topological polar surface area (TPSA) is 95.7 Å². The molecule has 0 N–H and O–H groups in total. The van der Waals surface area contributed by atoms with E-state index in [0.717, 1.165) is 0 Å². The molecule has 3 rings (SSSR count). The molecule has 2 aromatic carbocycles. The Morgan fingerprint density at radius 3 is 2.52 bits per heavy atom. The molecular weight excluding hydrogens is 276 g/mol. The molecule has 102 valence electrons. The minimum atomic E-state index is -0.569. The lowest BCUT2D eigenvalue weighted by Gasteiger charge is -2.05. The second-order valence-electron chi connectivity index (χ2n) is 4.01. The quantitative estimate of drug-likeness (QED) is 0.414. The van der Waals surface area contributed by atoms with Crippen LogP contribution in [0.15, 0.2) is 41.0 Å². The van der Waals surface area contributed by atoms with Crippen LogP contribution in [-0.2, 0) is 0 Å². The van der Waals surface area contributed by atoms with Gasteiger partial charge in [0.1, 0.15) is 5.75 Å². The Balaban J connectivity index is 2.01. The summed E-state index contributed by atoms with van der Waals surface area (Å²) in [7, 11) is 0. The summed E-state index contributed by atoms with van der Waals surface area (Å²) in [5, 5.41) is 18.0. The maximum absolute atomic E-state index is 10.9. The maximum atomic E-state index is 10.9. The SMILES string of the molecule is [C-]#[N+]c1ccc(Oc2ccc([N+](=O)[O-])c3nonc23)cc1. The van der Waals surface area contributed by atoms with E-state index in [-0.39, 0.29) is 22.5 Å². The lowest BCUT2D eigenvalue weighted by molar-refractivity contribution is -0.383. The second-order valence-corrected chi connectivity index (χ2v) is 4.01. The summed E-state index contributed by atoms with van der Waals surface area (Å²) in [6.45, 7) is 6.88. The predicted molar refractivity (Wildman–Crippen MR) is 71.2 cm³/mol. The summed E-state index contributed by atoms with van der Waals surface area (Å²) in [6, 6.07) is 9.14. The van der Waals surface area contributed by atoms with E-state index in [2.05, 4.69) is 19.8 Å². The van der Waals surface area contributed by atoms with Gasteiger partial charge in [-0.3, -0.25) is 10.1 Å². The van der Waals surface area contributed by atoms with Crippen LogP contribution in [0, 0.1) is 16.7 Å². The Kier molecular flexibility index (Phi) is 2.93. The average molecular weight is 282 g/mol. The first-order chi connectivity index (χ1) is 10.2. The van der Waals surface area contributed by atoms with Crippen LogP contribution in [0.25, 0.3) is 15.9 Å². The molecule has 0 atom stereocenters. The third kappa shape index (κ3) is 2.23. The van der Waals surface area contributed by atoms with Crippen LogP contribution in [0.1, 0.15) is 0 Å². The number of benzene rings is 2. The number of nitro benzene ring substituents is 1. The van der Waals surface area contributed by atoms with E-state index in [4.69, 9.17) is 11.3 Å². The van der Waals surface area contributed by atoms with Crippen LogP contribution in [0.3, 0.4) is 0 Å². The molecule has 0 saturated carbocycles. The number of nitro groups is 1. The first-order valence-electron chi connectivity index (χ1n) is 5.74. The molecule has 21 heavy (non-hydrogen) atoms. The van der Waals surface area contributed by atoms with E-state index < -0.39 is 4.92 Å². The largest absolute Gasteiger partial charge is 0.455 e. The van der Waals surface area contributed by atoms with E-state index in [1.165, 1.54) is 12.1 Å². The third-order valence-electron chi connectivity index (χ3n) is 2.75. The number of hydrogen-bond donors (Lipinski definition) is 0. The van der Waals surface area contributed by atoms with Crippen molar-refractivity contribution < 1.29 is 14.3 Å². The maximum Gasteiger partial charge on any atom is 0.301 e. The molecule has 1 aromatic heterocycles. The van der Waals surface area contributed by atoms with Gasteiger partial charge in [-0.05, 0) is 28.5 Å². The van der Waals surface area contributed by atoms with Crippen LogP contribution < -0.4 is 4.74 Å². The average Bonchev–Trinajstić information content (AvgIpc) is 2.98. The molecule has 0 unspecified atom stereocenters. The molecule has 0 spiro atoms. The van der Waals surface area contributed by atoms with Gasteiger partial charge in [-0.15, -0.1) is 0 Å². The zero-order valence-corrected chi connectivity index (χ0v) is 10.4. The van der Waals surface area contributed by atoms with Crippen molar-refractivity contribution in [2.24, 2.45) is 0 Å². The predicted octanol–water partition coefficient (Wildman–Crippen LogP) is 3.47. The van der Waals surface area contributed by atoms with Gasteiger partial charge in [-0.1, -0.05) is 12.1 Å². The van der Waals surface area contributed by atoms with Gasteiger partial charge in [0.05, 0.1) is 11.5 Å². The Labute approximate surface area is 117 Å². The van der Waals surface area contributed by atoms with Crippen LogP contribution in [0.4, 0.5) is 11.4 Å². The molecule has 0 aliphatic heterocycles. The van der Waals surface area contributed by atoms with Gasteiger partial charge in [-0.25, -0.2) is 9.47 Å². The summed E-state index contributed by atoms with van der Waals surface area (Å²) in [4.78, 5) is 13.6. The third-order valence-corrected chi connectivity index (χ3v) is 2.75. The van der Waals surface area contributed by atoms with Gasteiger partial charge >= 0.3 is 5.69 Å². The lowest BCUT2D eigenvalue weighted by Crippen LogP contribution is -1.91. The summed E-state index contributed by atoms with van der Waals surface area (Å²) >= 11 is 0. The van der Waals surface area contributed by atoms with Crippen molar-refractivity contribution in [1.29, 1.82) is 0 Å². The van der Waals surface area contributed by atoms with Crippen molar-refractivity contribution in [1.82, 2.24) is 10.3 Å². The van der Waals surface area contributed by atoms with Crippen molar-refractivity contribution in [3.63, 3.8) is 0 Å². The van der Waals surface area contributed by atoms with Crippen LogP contribution in [-0.4, -0.2) is 15.2 Å². The molecule has 8 heteroatoms. The number of ether oxygens (including phenoxy) is 1. The van der Waals surface area contributed by atoms with Gasteiger partial charge < -0.3 is 4.74 Å². The Bertz CT molecular complexity index is 864. The van der Waals surface area contributed by atoms with Crippen molar-refractivity contribution >= 4 is 22.4 Å². The zero-order valence-electron chi connectivity index (χ0n) is 10.4. The van der Waals surface area contributed by atoms with E-state index in [9.17, 15) is 10.1 Å². The molecule has 1 heterocycles. The molecular formula is C13H6N4O4. The van der Waals surface area contributed by atoms with Crippen molar-refractivity contribution in [2.75, 3.05) is 0 Å². The number of rotatable bonds is 3. The fourth-order valence-electron chi connectivity index (χ4n) is 1.78. The van der Waals surface area contributed by atoms with E-state index in [0.29, 0.717) is 11.4 Å². The van der Waals surface area contributed by atoms with Gasteiger partial charge in [0.2, 0.25) is 5.52 Å². The highest BCUT2D eigenvalue weighted by Gasteiger charge is 2.20. The smallest absolute Gasteiger partial charge is 0.301 e. The van der Waals surface area contributed by atoms with Crippen molar-refractivity contribution in [2.45, 2.75) is 0 Å². The number of fused-ring (bicyclic) bond motifs is 1. The fraction of sp³-hybridized carbons (Fsp3) is 0. The van der Waals surface area contributed by atoms with Gasteiger partial charge in [-0.2, -0.15) is 0 Å². The van der Waals surface area contributed by atoms with Crippen molar-refractivity contribution in [3.05, 3.63) is 57.9 Å². The zero-order chi connectivity index (χ0) is 14.8. The fourth-order valence-corrected chi connectivity index (χ4v) is 1.78. The second kappa shape index (κ2) is 4.90. The molecule has 0 aliphatic carbocycles. The van der Waals surface area contributed by atoms with Gasteiger partial charge in [0.25, 0.3) is 0 Å². The Morgan fingerprint density at radius 2 is 1.86 bits per heavy atom. The Hall–Kier alpha value is -3.47. The Morgan fingerprint density at radius 1 is 1.14 bits per heavy atom. The van der Waals surface area contributed by atoms with Gasteiger partial charge in [0.15, 0.2) is 17.0 Å². The van der Waals surface area contributed by atoms with Crippen LogP contribution in [0.2, 0.25) is 0 Å². The summed E-state index contributed by atoms with van der Waals surface area (Å²) < 4.78 is 10.1.